The largest absolute Gasteiger partial charge is 0.324 e. The molecule has 0 aliphatic rings. The fourth-order valence-corrected chi connectivity index (χ4v) is 2.84. The van der Waals surface area contributed by atoms with Gasteiger partial charge in [0.25, 0.3) is 0 Å². The summed E-state index contributed by atoms with van der Waals surface area (Å²) in [6.45, 7) is 7.54. The molecule has 0 aliphatic heterocycles. The van der Waals surface area contributed by atoms with Crippen molar-refractivity contribution in [2.45, 2.75) is 32.7 Å². The lowest BCUT2D eigenvalue weighted by molar-refractivity contribution is -0.117. The number of benzene rings is 2. The van der Waals surface area contributed by atoms with E-state index in [1.807, 2.05) is 11.9 Å². The highest BCUT2D eigenvalue weighted by Gasteiger charge is 2.14. The van der Waals surface area contributed by atoms with Crippen LogP contribution in [0.2, 0.25) is 10.0 Å². The lowest BCUT2D eigenvalue weighted by Gasteiger charge is -2.20. The summed E-state index contributed by atoms with van der Waals surface area (Å²) in [5, 5.41) is 3.80. The van der Waals surface area contributed by atoms with E-state index in [1.54, 1.807) is 18.2 Å². The SMILES string of the molecule is CN(CC(=O)Nc1cc(Cl)ccc1Cl)Cc1ccc(C(C)(C)C)cc1. The molecule has 0 fully saturated rings. The van der Waals surface area contributed by atoms with Crippen LogP contribution in [0.4, 0.5) is 5.69 Å². The van der Waals surface area contributed by atoms with Crippen LogP contribution < -0.4 is 5.32 Å². The van der Waals surface area contributed by atoms with Gasteiger partial charge in [-0.05, 0) is 41.8 Å². The van der Waals surface area contributed by atoms with Crippen molar-refractivity contribution in [1.82, 2.24) is 4.90 Å². The van der Waals surface area contributed by atoms with E-state index in [9.17, 15) is 4.79 Å². The number of hydrogen-bond acceptors (Lipinski definition) is 2. The molecule has 25 heavy (non-hydrogen) atoms. The van der Waals surface area contributed by atoms with Gasteiger partial charge in [-0.1, -0.05) is 68.2 Å². The van der Waals surface area contributed by atoms with E-state index in [0.717, 1.165) is 0 Å². The molecule has 0 spiro atoms. The lowest BCUT2D eigenvalue weighted by Crippen LogP contribution is -2.30. The molecule has 2 aromatic carbocycles. The molecule has 0 saturated heterocycles. The van der Waals surface area contributed by atoms with Gasteiger partial charge in [-0.25, -0.2) is 0 Å². The van der Waals surface area contributed by atoms with Gasteiger partial charge in [0.2, 0.25) is 5.91 Å². The topological polar surface area (TPSA) is 32.3 Å². The normalized spacial score (nSPS) is 11.6. The molecule has 0 aromatic heterocycles. The Balaban J connectivity index is 1.92. The molecule has 2 aromatic rings. The molecule has 0 unspecified atom stereocenters. The van der Waals surface area contributed by atoms with Gasteiger partial charge < -0.3 is 5.32 Å². The molecule has 5 heteroatoms. The Hall–Kier alpha value is -1.55. The maximum absolute atomic E-state index is 12.2. The summed E-state index contributed by atoms with van der Waals surface area (Å²) < 4.78 is 0. The molecule has 0 bridgehead atoms. The Kier molecular flexibility index (Phi) is 6.50. The summed E-state index contributed by atoms with van der Waals surface area (Å²) >= 11 is 12.0. The van der Waals surface area contributed by atoms with Crippen LogP contribution in [0.1, 0.15) is 31.9 Å². The van der Waals surface area contributed by atoms with Crippen LogP contribution in [0.15, 0.2) is 42.5 Å². The van der Waals surface area contributed by atoms with Crippen LogP contribution >= 0.6 is 23.2 Å². The first-order valence-corrected chi connectivity index (χ1v) is 8.93. The van der Waals surface area contributed by atoms with Crippen molar-refractivity contribution in [3.8, 4) is 0 Å². The second kappa shape index (κ2) is 8.22. The third-order valence-electron chi connectivity index (χ3n) is 3.89. The Morgan fingerprint density at radius 3 is 2.32 bits per heavy atom. The van der Waals surface area contributed by atoms with Crippen LogP contribution in [-0.4, -0.2) is 24.4 Å². The van der Waals surface area contributed by atoms with Gasteiger partial charge in [-0.15, -0.1) is 0 Å². The van der Waals surface area contributed by atoms with Crippen molar-refractivity contribution in [2.24, 2.45) is 0 Å². The molecular weight excluding hydrogens is 355 g/mol. The van der Waals surface area contributed by atoms with Gasteiger partial charge in [0.1, 0.15) is 0 Å². The van der Waals surface area contributed by atoms with E-state index in [-0.39, 0.29) is 17.9 Å². The highest BCUT2D eigenvalue weighted by atomic mass is 35.5. The zero-order valence-corrected chi connectivity index (χ0v) is 16.6. The summed E-state index contributed by atoms with van der Waals surface area (Å²) in [5.74, 6) is -0.127. The molecule has 1 amide bonds. The Morgan fingerprint density at radius 2 is 1.72 bits per heavy atom. The quantitative estimate of drug-likeness (QED) is 0.758. The van der Waals surface area contributed by atoms with Gasteiger partial charge in [-0.3, -0.25) is 9.69 Å². The van der Waals surface area contributed by atoms with Crippen LogP contribution in [0.3, 0.4) is 0 Å². The maximum Gasteiger partial charge on any atom is 0.238 e. The monoisotopic (exact) mass is 378 g/mol. The number of nitrogens with one attached hydrogen (secondary N) is 1. The first-order chi connectivity index (χ1) is 11.6. The van der Waals surface area contributed by atoms with Gasteiger partial charge >= 0.3 is 0 Å². The standard InChI is InChI=1S/C20H24Cl2N2O/c1-20(2,3)15-7-5-14(6-8-15)12-24(4)13-19(25)23-18-11-16(21)9-10-17(18)22/h5-11H,12-13H2,1-4H3,(H,23,25). The molecule has 0 heterocycles. The number of rotatable bonds is 5. The average Bonchev–Trinajstić information content (AvgIpc) is 2.50. The third-order valence-corrected chi connectivity index (χ3v) is 4.45. The van der Waals surface area contributed by atoms with Crippen LogP contribution in [-0.2, 0) is 16.8 Å². The van der Waals surface area contributed by atoms with Crippen molar-refractivity contribution in [1.29, 1.82) is 0 Å². The van der Waals surface area contributed by atoms with E-state index in [0.29, 0.717) is 22.3 Å². The molecule has 1 N–H and O–H groups in total. The fourth-order valence-electron chi connectivity index (χ4n) is 2.51. The van der Waals surface area contributed by atoms with E-state index in [4.69, 9.17) is 23.2 Å². The zero-order valence-electron chi connectivity index (χ0n) is 15.1. The molecule has 0 aliphatic carbocycles. The minimum absolute atomic E-state index is 0.127. The summed E-state index contributed by atoms with van der Waals surface area (Å²) in [6.07, 6.45) is 0. The van der Waals surface area contributed by atoms with Gasteiger partial charge in [0, 0.05) is 11.6 Å². The Morgan fingerprint density at radius 1 is 1.08 bits per heavy atom. The van der Waals surface area contributed by atoms with Crippen molar-refractivity contribution in [3.63, 3.8) is 0 Å². The number of anilines is 1. The third kappa shape index (κ3) is 6.03. The fraction of sp³-hybridized carbons (Fsp3) is 0.350. The van der Waals surface area contributed by atoms with Crippen molar-refractivity contribution in [2.75, 3.05) is 18.9 Å². The van der Waals surface area contributed by atoms with Crippen LogP contribution in [0.25, 0.3) is 0 Å². The highest BCUT2D eigenvalue weighted by Crippen LogP contribution is 2.25. The molecule has 134 valence electrons. The number of carbonyl (C=O) groups is 1. The smallest absolute Gasteiger partial charge is 0.238 e. The zero-order chi connectivity index (χ0) is 18.6. The molecule has 3 nitrogen and oxygen atoms in total. The first-order valence-electron chi connectivity index (χ1n) is 8.18. The minimum Gasteiger partial charge on any atom is -0.324 e. The average molecular weight is 379 g/mol. The van der Waals surface area contributed by atoms with Crippen molar-refractivity contribution in [3.05, 3.63) is 63.6 Å². The van der Waals surface area contributed by atoms with Crippen LogP contribution in [0, 0.1) is 0 Å². The number of likely N-dealkylation sites (N-methyl/N-ethyl adjacent to an activating group) is 1. The van der Waals surface area contributed by atoms with Crippen molar-refractivity contribution < 1.29 is 4.79 Å². The lowest BCUT2D eigenvalue weighted by atomic mass is 9.87. The second-order valence-corrected chi connectivity index (χ2v) is 8.14. The molecule has 2 rings (SSSR count). The summed E-state index contributed by atoms with van der Waals surface area (Å²) in [7, 11) is 1.91. The predicted octanol–water partition coefficient (Wildman–Crippen LogP) is 5.36. The second-order valence-electron chi connectivity index (χ2n) is 7.29. The molecule has 0 radical (unpaired) electrons. The number of amides is 1. The number of carbonyl (C=O) groups excluding carboxylic acids is 1. The number of hydrogen-bond donors (Lipinski definition) is 1. The Bertz CT molecular complexity index is 736. The van der Waals surface area contributed by atoms with E-state index in [2.05, 4.69) is 50.4 Å². The maximum atomic E-state index is 12.2. The van der Waals surface area contributed by atoms with E-state index >= 15 is 0 Å². The summed E-state index contributed by atoms with van der Waals surface area (Å²) in [6, 6.07) is 13.5. The first kappa shape index (κ1) is 19.8. The molecular formula is C20H24Cl2N2O. The van der Waals surface area contributed by atoms with Gasteiger partial charge in [0.15, 0.2) is 0 Å². The van der Waals surface area contributed by atoms with Gasteiger partial charge in [-0.2, -0.15) is 0 Å². The van der Waals surface area contributed by atoms with E-state index in [1.165, 1.54) is 11.1 Å². The number of nitrogens with zero attached hydrogens (tertiary/aromatic N) is 1. The highest BCUT2D eigenvalue weighted by molar-refractivity contribution is 6.35. The molecule has 0 saturated carbocycles. The summed E-state index contributed by atoms with van der Waals surface area (Å²) in [5.41, 5.74) is 3.14. The Labute approximate surface area is 159 Å². The predicted molar refractivity (Wildman–Crippen MR) is 107 cm³/mol. The minimum atomic E-state index is -0.127. The number of halogens is 2. The van der Waals surface area contributed by atoms with Crippen LogP contribution in [0.5, 0.6) is 0 Å². The van der Waals surface area contributed by atoms with Gasteiger partial charge in [0.05, 0.1) is 17.3 Å². The van der Waals surface area contributed by atoms with E-state index < -0.39 is 0 Å². The van der Waals surface area contributed by atoms with Crippen molar-refractivity contribution >= 4 is 34.8 Å². The summed E-state index contributed by atoms with van der Waals surface area (Å²) in [4.78, 5) is 14.2. The molecule has 0 atom stereocenters.